The highest BCUT2D eigenvalue weighted by molar-refractivity contribution is 8.18. The van der Waals surface area contributed by atoms with Crippen LogP contribution < -0.4 is 10.2 Å². The number of halogens is 1. The van der Waals surface area contributed by atoms with Gasteiger partial charge < -0.3 is 4.90 Å². The molecule has 2 amide bonds. The number of aromatic nitrogens is 2. The van der Waals surface area contributed by atoms with Crippen LogP contribution in [-0.2, 0) is 4.79 Å². The predicted molar refractivity (Wildman–Crippen MR) is 138 cm³/mol. The molecule has 0 atom stereocenters. The number of imide groups is 1. The highest BCUT2D eigenvalue weighted by Gasteiger charge is 2.25. The molecule has 174 valence electrons. The summed E-state index contributed by atoms with van der Waals surface area (Å²) in [4.78, 5) is 37.5. The van der Waals surface area contributed by atoms with Gasteiger partial charge in [0, 0.05) is 49.4 Å². The predicted octanol–water partition coefficient (Wildman–Crippen LogP) is 4.81. The van der Waals surface area contributed by atoms with Crippen LogP contribution in [0.2, 0.25) is 5.02 Å². The molecule has 0 aliphatic carbocycles. The Bertz CT molecular complexity index is 1300. The lowest BCUT2D eigenvalue weighted by molar-refractivity contribution is -0.115. The van der Waals surface area contributed by atoms with Gasteiger partial charge in [0.1, 0.15) is 0 Å². The van der Waals surface area contributed by atoms with Crippen LogP contribution in [0.3, 0.4) is 0 Å². The van der Waals surface area contributed by atoms with Crippen molar-refractivity contribution in [1.82, 2.24) is 20.2 Å². The summed E-state index contributed by atoms with van der Waals surface area (Å²) in [5, 5.41) is 3.46. The first-order valence-electron chi connectivity index (χ1n) is 11.3. The molecule has 9 heteroatoms. The molecular formula is C25H24ClN5O2S. The minimum atomic E-state index is -0.426. The lowest BCUT2D eigenvalue weighted by Gasteiger charge is -2.36. The maximum absolute atomic E-state index is 11.9. The summed E-state index contributed by atoms with van der Waals surface area (Å²) in [6.45, 7) is 7.38. The van der Waals surface area contributed by atoms with Crippen LogP contribution in [-0.4, -0.2) is 58.7 Å². The lowest BCUT2D eigenvalue weighted by atomic mass is 10.0. The molecule has 2 aliphatic heterocycles. The zero-order chi connectivity index (χ0) is 23.7. The van der Waals surface area contributed by atoms with Crippen molar-refractivity contribution < 1.29 is 9.59 Å². The smallest absolute Gasteiger partial charge is 0.290 e. The fourth-order valence-corrected chi connectivity index (χ4v) is 5.32. The molecule has 5 rings (SSSR count). The summed E-state index contributed by atoms with van der Waals surface area (Å²) in [7, 11) is 0. The maximum atomic E-state index is 11.9. The molecule has 2 saturated heterocycles. The van der Waals surface area contributed by atoms with E-state index in [4.69, 9.17) is 16.6 Å². The third-order valence-corrected chi connectivity index (χ3v) is 7.16. The van der Waals surface area contributed by atoms with E-state index in [0.29, 0.717) is 10.8 Å². The molecule has 1 aromatic heterocycles. The number of fused-ring (bicyclic) bond motifs is 1. The zero-order valence-electron chi connectivity index (χ0n) is 18.8. The van der Waals surface area contributed by atoms with Gasteiger partial charge in [0.25, 0.3) is 11.1 Å². The zero-order valence-corrected chi connectivity index (χ0v) is 20.3. The summed E-state index contributed by atoms with van der Waals surface area (Å²) >= 11 is 7.61. The molecule has 34 heavy (non-hydrogen) atoms. The number of hydrogen-bond donors (Lipinski definition) is 1. The number of piperazine rings is 1. The minimum Gasteiger partial charge on any atom is -0.368 e. The molecule has 2 aliphatic rings. The van der Waals surface area contributed by atoms with Crippen LogP contribution in [0.1, 0.15) is 19.2 Å². The normalized spacial score (nSPS) is 18.2. The number of para-hydroxylation sites is 1. The molecule has 0 spiro atoms. The minimum absolute atomic E-state index is 0.285. The van der Waals surface area contributed by atoms with Gasteiger partial charge in [-0.3, -0.25) is 19.8 Å². The number of benzene rings is 2. The number of anilines is 1. The standard InChI is InChI=1S/C25H24ClN5O2S/c1-2-8-30-9-11-31(12-10-30)20-7-6-16(13-19(20)26)18-5-3-4-17-15-27-22(28-23(17)18)14-21-24(32)29-25(33)34-21/h3-7,13-15H,2,8-12H2,1H3,(H,29,32,33). The Morgan fingerprint density at radius 1 is 1.15 bits per heavy atom. The molecule has 2 fully saturated rings. The van der Waals surface area contributed by atoms with Crippen LogP contribution in [0, 0.1) is 0 Å². The van der Waals surface area contributed by atoms with Crippen LogP contribution in [0.15, 0.2) is 47.5 Å². The van der Waals surface area contributed by atoms with Gasteiger partial charge in [-0.2, -0.15) is 0 Å². The van der Waals surface area contributed by atoms with Gasteiger partial charge in [-0.25, -0.2) is 9.97 Å². The van der Waals surface area contributed by atoms with E-state index in [1.807, 2.05) is 24.3 Å². The Labute approximate surface area is 207 Å². The van der Waals surface area contributed by atoms with Crippen LogP contribution in [0.4, 0.5) is 10.5 Å². The first-order chi connectivity index (χ1) is 16.5. The Hall–Kier alpha value is -2.94. The summed E-state index contributed by atoms with van der Waals surface area (Å²) in [5.41, 5.74) is 3.71. The number of nitrogens with zero attached hydrogens (tertiary/aromatic N) is 4. The second-order valence-electron chi connectivity index (χ2n) is 8.32. The van der Waals surface area contributed by atoms with Crippen molar-refractivity contribution in [2.75, 3.05) is 37.6 Å². The molecule has 3 heterocycles. The highest BCUT2D eigenvalue weighted by Crippen LogP contribution is 2.34. The van der Waals surface area contributed by atoms with Crippen molar-refractivity contribution in [2.24, 2.45) is 0 Å². The van der Waals surface area contributed by atoms with Crippen molar-refractivity contribution in [2.45, 2.75) is 13.3 Å². The van der Waals surface area contributed by atoms with E-state index in [1.165, 1.54) is 12.5 Å². The van der Waals surface area contributed by atoms with Gasteiger partial charge in [0.2, 0.25) is 0 Å². The van der Waals surface area contributed by atoms with E-state index in [2.05, 4.69) is 39.2 Å². The monoisotopic (exact) mass is 493 g/mol. The van der Waals surface area contributed by atoms with Gasteiger partial charge in [0.15, 0.2) is 5.82 Å². The molecule has 3 aromatic rings. The third-order valence-electron chi connectivity index (χ3n) is 6.04. The van der Waals surface area contributed by atoms with E-state index in [-0.39, 0.29) is 10.1 Å². The SMILES string of the molecule is CCCN1CCN(c2ccc(-c3cccc4cnc(C=C5SC(=O)NC5=O)nc34)cc2Cl)CC1. The molecule has 7 nitrogen and oxygen atoms in total. The molecule has 2 aromatic carbocycles. The lowest BCUT2D eigenvalue weighted by Crippen LogP contribution is -2.46. The van der Waals surface area contributed by atoms with Gasteiger partial charge in [-0.15, -0.1) is 0 Å². The molecule has 0 bridgehead atoms. The van der Waals surface area contributed by atoms with E-state index in [1.54, 1.807) is 6.20 Å². The Morgan fingerprint density at radius 3 is 2.68 bits per heavy atom. The third kappa shape index (κ3) is 4.66. The second kappa shape index (κ2) is 9.74. The molecule has 0 saturated carbocycles. The summed E-state index contributed by atoms with van der Waals surface area (Å²) in [5.74, 6) is -0.0511. The Kier molecular flexibility index (Phi) is 6.54. The Balaban J connectivity index is 1.45. The topological polar surface area (TPSA) is 78.4 Å². The van der Waals surface area contributed by atoms with E-state index < -0.39 is 5.91 Å². The van der Waals surface area contributed by atoms with E-state index in [0.717, 1.165) is 72.2 Å². The number of hydrogen-bond acceptors (Lipinski definition) is 7. The van der Waals surface area contributed by atoms with Crippen LogP contribution >= 0.6 is 23.4 Å². The summed E-state index contributed by atoms with van der Waals surface area (Å²) in [6, 6.07) is 12.1. The van der Waals surface area contributed by atoms with Gasteiger partial charge in [-0.1, -0.05) is 42.8 Å². The van der Waals surface area contributed by atoms with Crippen LogP contribution in [0.25, 0.3) is 28.1 Å². The average molecular weight is 494 g/mol. The van der Waals surface area contributed by atoms with Crippen molar-refractivity contribution in [1.29, 1.82) is 0 Å². The number of carbonyl (C=O) groups excluding carboxylic acids is 2. The number of rotatable bonds is 5. The molecule has 0 unspecified atom stereocenters. The number of nitrogens with one attached hydrogen (secondary N) is 1. The van der Waals surface area contributed by atoms with Gasteiger partial charge in [0.05, 0.1) is 21.1 Å². The highest BCUT2D eigenvalue weighted by atomic mass is 35.5. The second-order valence-corrected chi connectivity index (χ2v) is 9.74. The van der Waals surface area contributed by atoms with Crippen molar-refractivity contribution >= 4 is 57.2 Å². The van der Waals surface area contributed by atoms with Gasteiger partial charge in [-0.05, 0) is 42.4 Å². The first-order valence-corrected chi connectivity index (χ1v) is 12.5. The molecule has 0 radical (unpaired) electrons. The van der Waals surface area contributed by atoms with Crippen molar-refractivity contribution in [3.8, 4) is 11.1 Å². The van der Waals surface area contributed by atoms with E-state index >= 15 is 0 Å². The fourth-order valence-electron chi connectivity index (χ4n) is 4.37. The number of thioether (sulfide) groups is 1. The van der Waals surface area contributed by atoms with E-state index in [9.17, 15) is 9.59 Å². The molecular weight excluding hydrogens is 470 g/mol. The maximum Gasteiger partial charge on any atom is 0.290 e. The van der Waals surface area contributed by atoms with Crippen molar-refractivity contribution in [3.05, 3.63) is 58.3 Å². The number of amides is 2. The first kappa shape index (κ1) is 22.8. The molecule has 1 N–H and O–H groups in total. The van der Waals surface area contributed by atoms with Gasteiger partial charge >= 0.3 is 0 Å². The quantitative estimate of drug-likeness (QED) is 0.511. The fraction of sp³-hybridized carbons (Fsp3) is 0.280. The average Bonchev–Trinajstić information content (AvgIpc) is 3.15. The largest absolute Gasteiger partial charge is 0.368 e. The Morgan fingerprint density at radius 2 is 1.97 bits per heavy atom. The van der Waals surface area contributed by atoms with Crippen LogP contribution in [0.5, 0.6) is 0 Å². The number of carbonyl (C=O) groups is 2. The summed E-state index contributed by atoms with van der Waals surface area (Å²) < 4.78 is 0. The van der Waals surface area contributed by atoms with Crippen molar-refractivity contribution in [3.63, 3.8) is 0 Å². The summed E-state index contributed by atoms with van der Waals surface area (Å²) in [6.07, 6.45) is 4.44.